The van der Waals surface area contributed by atoms with Gasteiger partial charge in [0, 0.05) is 5.56 Å². The normalized spacial score (nSPS) is 16.0. The Balaban J connectivity index is 1.62. The molecular weight excluding hydrogens is 468 g/mol. The first kappa shape index (κ1) is 24.4. The molecule has 8 nitrogen and oxygen atoms in total. The zero-order valence-corrected chi connectivity index (χ0v) is 20.8. The first-order chi connectivity index (χ1) is 16.7. The number of rotatable bonds is 7. The molecule has 3 aromatic rings. The highest BCUT2D eigenvalue weighted by Gasteiger charge is 2.38. The molecule has 0 spiro atoms. The highest BCUT2D eigenvalue weighted by atomic mass is 32.2. The van der Waals surface area contributed by atoms with E-state index in [2.05, 4.69) is 5.32 Å². The van der Waals surface area contributed by atoms with Crippen LogP contribution in [0.3, 0.4) is 0 Å². The lowest BCUT2D eigenvalue weighted by Gasteiger charge is -2.35. The number of benzene rings is 3. The molecule has 1 aliphatic rings. The van der Waals surface area contributed by atoms with Crippen LogP contribution in [0.25, 0.3) is 0 Å². The van der Waals surface area contributed by atoms with Gasteiger partial charge in [0.25, 0.3) is 15.9 Å². The van der Waals surface area contributed by atoms with E-state index in [0.29, 0.717) is 22.9 Å². The smallest absolute Gasteiger partial charge is 0.264 e. The van der Waals surface area contributed by atoms with E-state index >= 15 is 0 Å². The highest BCUT2D eigenvalue weighted by Crippen LogP contribution is 2.37. The standard InChI is InChI=1S/C26H28N2O6S/c1-17-9-12-20(13-10-17)35(30,31)28-16-25(34-24-8-6-5-7-22(24)28)26(29)27-18(2)21-15-19(32-3)11-14-23(21)33-4/h5-15,18,25H,16H2,1-4H3,(H,27,29)/t18-,25-/m0/s1. The van der Waals surface area contributed by atoms with Crippen LogP contribution >= 0.6 is 0 Å². The van der Waals surface area contributed by atoms with Crippen LogP contribution in [0.2, 0.25) is 0 Å². The minimum absolute atomic E-state index is 0.147. The minimum Gasteiger partial charge on any atom is -0.497 e. The van der Waals surface area contributed by atoms with Crippen molar-refractivity contribution in [1.82, 2.24) is 5.32 Å². The quantitative estimate of drug-likeness (QED) is 0.534. The van der Waals surface area contributed by atoms with E-state index in [0.717, 1.165) is 11.1 Å². The number of carbonyl (C=O) groups is 1. The molecule has 0 saturated heterocycles. The summed E-state index contributed by atoms with van der Waals surface area (Å²) in [6.07, 6.45) is -1.05. The molecule has 0 unspecified atom stereocenters. The maximum absolute atomic E-state index is 13.5. The van der Waals surface area contributed by atoms with Crippen molar-refractivity contribution in [2.75, 3.05) is 25.1 Å². The Morgan fingerprint density at radius 1 is 1.06 bits per heavy atom. The molecular formula is C26H28N2O6S. The molecule has 2 atom stereocenters. The zero-order chi connectivity index (χ0) is 25.2. The Morgan fingerprint density at radius 3 is 2.46 bits per heavy atom. The van der Waals surface area contributed by atoms with Gasteiger partial charge in [-0.15, -0.1) is 0 Å². The van der Waals surface area contributed by atoms with E-state index in [1.807, 2.05) is 13.8 Å². The lowest BCUT2D eigenvalue weighted by atomic mass is 10.1. The summed E-state index contributed by atoms with van der Waals surface area (Å²) in [5.74, 6) is 1.10. The third-order valence-corrected chi connectivity index (χ3v) is 7.69. The third-order valence-electron chi connectivity index (χ3n) is 5.90. The van der Waals surface area contributed by atoms with Crippen LogP contribution in [-0.4, -0.2) is 41.2 Å². The molecule has 1 heterocycles. The van der Waals surface area contributed by atoms with Crippen LogP contribution in [-0.2, 0) is 14.8 Å². The maximum Gasteiger partial charge on any atom is 0.264 e. The first-order valence-corrected chi connectivity index (χ1v) is 12.6. The van der Waals surface area contributed by atoms with E-state index in [9.17, 15) is 13.2 Å². The second kappa shape index (κ2) is 9.87. The van der Waals surface area contributed by atoms with E-state index in [4.69, 9.17) is 14.2 Å². The van der Waals surface area contributed by atoms with Crippen molar-refractivity contribution in [3.05, 3.63) is 77.9 Å². The number of amides is 1. The van der Waals surface area contributed by atoms with Crippen molar-refractivity contribution in [2.24, 2.45) is 0 Å². The van der Waals surface area contributed by atoms with Gasteiger partial charge in [-0.2, -0.15) is 0 Å². The van der Waals surface area contributed by atoms with Crippen LogP contribution in [0.4, 0.5) is 5.69 Å². The van der Waals surface area contributed by atoms with Gasteiger partial charge < -0.3 is 19.5 Å². The molecule has 0 bridgehead atoms. The fraction of sp³-hybridized carbons (Fsp3) is 0.269. The van der Waals surface area contributed by atoms with E-state index < -0.39 is 28.1 Å². The predicted molar refractivity (Wildman–Crippen MR) is 133 cm³/mol. The van der Waals surface area contributed by atoms with Gasteiger partial charge in [-0.25, -0.2) is 8.42 Å². The van der Waals surface area contributed by atoms with E-state index in [1.165, 1.54) is 4.31 Å². The lowest BCUT2D eigenvalue weighted by molar-refractivity contribution is -0.128. The molecule has 1 N–H and O–H groups in total. The average molecular weight is 497 g/mol. The molecule has 1 aliphatic heterocycles. The van der Waals surface area contributed by atoms with Gasteiger partial charge in [0.05, 0.1) is 37.4 Å². The molecule has 1 amide bonds. The van der Waals surface area contributed by atoms with Crippen molar-refractivity contribution < 1.29 is 27.4 Å². The first-order valence-electron chi connectivity index (χ1n) is 11.1. The number of para-hydroxylation sites is 2. The van der Waals surface area contributed by atoms with Crippen LogP contribution in [0.5, 0.6) is 17.2 Å². The van der Waals surface area contributed by atoms with Crippen LogP contribution < -0.4 is 23.8 Å². The van der Waals surface area contributed by atoms with Crippen LogP contribution in [0.1, 0.15) is 24.1 Å². The lowest BCUT2D eigenvalue weighted by Crippen LogP contribution is -2.51. The Morgan fingerprint density at radius 2 is 1.77 bits per heavy atom. The summed E-state index contributed by atoms with van der Waals surface area (Å²) < 4.78 is 45.0. The van der Waals surface area contributed by atoms with Crippen molar-refractivity contribution in [3.63, 3.8) is 0 Å². The van der Waals surface area contributed by atoms with Gasteiger partial charge in [0.1, 0.15) is 17.2 Å². The molecule has 4 rings (SSSR count). The Bertz CT molecular complexity index is 1320. The largest absolute Gasteiger partial charge is 0.497 e. The van der Waals surface area contributed by atoms with Crippen LogP contribution in [0.15, 0.2) is 71.6 Å². The number of anilines is 1. The number of nitrogens with one attached hydrogen (secondary N) is 1. The number of fused-ring (bicyclic) bond motifs is 1. The summed E-state index contributed by atoms with van der Waals surface area (Å²) in [5.41, 5.74) is 2.06. The number of ether oxygens (including phenoxy) is 3. The van der Waals surface area contributed by atoms with E-state index in [1.54, 1.807) is 80.9 Å². The topological polar surface area (TPSA) is 94.2 Å². The van der Waals surface area contributed by atoms with Crippen molar-refractivity contribution in [1.29, 1.82) is 0 Å². The van der Waals surface area contributed by atoms with Crippen LogP contribution in [0, 0.1) is 6.92 Å². The molecule has 0 aliphatic carbocycles. The predicted octanol–water partition coefficient (Wildman–Crippen LogP) is 3.85. The summed E-state index contributed by atoms with van der Waals surface area (Å²) >= 11 is 0. The molecule has 0 saturated carbocycles. The van der Waals surface area contributed by atoms with Crippen molar-refractivity contribution in [3.8, 4) is 17.2 Å². The number of hydrogen-bond donors (Lipinski definition) is 1. The van der Waals surface area contributed by atoms with Gasteiger partial charge in [-0.05, 0) is 56.3 Å². The van der Waals surface area contributed by atoms with Gasteiger partial charge in [0.15, 0.2) is 6.10 Å². The third kappa shape index (κ3) is 4.90. The average Bonchev–Trinajstić information content (AvgIpc) is 2.87. The second-order valence-corrected chi connectivity index (χ2v) is 10.1. The van der Waals surface area contributed by atoms with Crippen molar-refractivity contribution >= 4 is 21.6 Å². The summed E-state index contributed by atoms with van der Waals surface area (Å²) in [7, 11) is -0.811. The maximum atomic E-state index is 13.5. The number of carbonyl (C=O) groups excluding carboxylic acids is 1. The number of sulfonamides is 1. The second-order valence-electron chi connectivity index (χ2n) is 8.26. The monoisotopic (exact) mass is 496 g/mol. The van der Waals surface area contributed by atoms with E-state index in [-0.39, 0.29) is 11.4 Å². The number of nitrogens with zero attached hydrogens (tertiary/aromatic N) is 1. The molecule has 3 aromatic carbocycles. The van der Waals surface area contributed by atoms with Gasteiger partial charge in [0.2, 0.25) is 0 Å². The zero-order valence-electron chi connectivity index (χ0n) is 20.0. The van der Waals surface area contributed by atoms with Crippen molar-refractivity contribution in [2.45, 2.75) is 30.9 Å². The Kier molecular flexibility index (Phi) is 6.88. The minimum atomic E-state index is -3.92. The molecule has 0 fully saturated rings. The molecule has 0 radical (unpaired) electrons. The summed E-state index contributed by atoms with van der Waals surface area (Å²) in [6.45, 7) is 3.53. The number of hydrogen-bond acceptors (Lipinski definition) is 6. The van der Waals surface area contributed by atoms with Gasteiger partial charge in [-0.1, -0.05) is 29.8 Å². The molecule has 9 heteroatoms. The summed E-state index contributed by atoms with van der Waals surface area (Å²) in [6, 6.07) is 18.3. The molecule has 184 valence electrons. The Labute approximate surface area is 205 Å². The SMILES string of the molecule is COc1ccc(OC)c([C@H](C)NC(=O)[C@@H]2CN(S(=O)(=O)c3ccc(C)cc3)c3ccccc3O2)c1. The fourth-order valence-electron chi connectivity index (χ4n) is 3.97. The highest BCUT2D eigenvalue weighted by molar-refractivity contribution is 7.92. The van der Waals surface area contributed by atoms with Gasteiger partial charge >= 0.3 is 0 Å². The molecule has 0 aromatic heterocycles. The summed E-state index contributed by atoms with van der Waals surface area (Å²) in [4.78, 5) is 13.4. The number of aryl methyl sites for hydroxylation is 1. The van der Waals surface area contributed by atoms with Gasteiger partial charge in [-0.3, -0.25) is 9.10 Å². The summed E-state index contributed by atoms with van der Waals surface area (Å²) in [5, 5.41) is 2.92. The molecule has 35 heavy (non-hydrogen) atoms. The Hall–Kier alpha value is -3.72. The fourth-order valence-corrected chi connectivity index (χ4v) is 5.44. The number of methoxy groups -OCH3 is 2.